The lowest BCUT2D eigenvalue weighted by Crippen LogP contribution is -2.11. The lowest BCUT2D eigenvalue weighted by Gasteiger charge is -2.16. The van der Waals surface area contributed by atoms with Crippen molar-refractivity contribution in [3.8, 4) is 11.5 Å². The molecule has 1 unspecified atom stereocenters. The average Bonchev–Trinajstić information content (AvgIpc) is 3.33. The lowest BCUT2D eigenvalue weighted by molar-refractivity contribution is 0.154. The van der Waals surface area contributed by atoms with E-state index < -0.39 is 6.10 Å². The molecule has 0 amide bonds. The Morgan fingerprint density at radius 2 is 1.97 bits per heavy atom. The molecule has 164 valence electrons. The monoisotopic (exact) mass is 553 g/mol. The van der Waals surface area contributed by atoms with Crippen molar-refractivity contribution in [2.75, 3.05) is 12.5 Å². The maximum atomic E-state index is 11.0. The molecule has 12 heteroatoms. The fraction of sp³-hybridized carbons (Fsp3) is 0.150. The Balaban J connectivity index is 1.56. The first kappa shape index (κ1) is 21.6. The molecule has 2 aromatic heterocycles. The smallest absolute Gasteiger partial charge is 0.231 e. The van der Waals surface area contributed by atoms with Gasteiger partial charge < -0.3 is 24.9 Å². The van der Waals surface area contributed by atoms with E-state index in [-0.39, 0.29) is 19.2 Å². The van der Waals surface area contributed by atoms with Crippen molar-refractivity contribution in [3.63, 3.8) is 0 Å². The van der Waals surface area contributed by atoms with Crippen LogP contribution in [0.5, 0.6) is 11.5 Å². The van der Waals surface area contributed by atoms with Gasteiger partial charge in [0, 0.05) is 25.0 Å². The molecule has 8 nitrogen and oxygen atoms in total. The average molecular weight is 555 g/mol. The number of aliphatic hydroxyl groups excluding tert-OH is 1. The van der Waals surface area contributed by atoms with Crippen LogP contribution in [0.25, 0.3) is 11.2 Å². The zero-order valence-corrected chi connectivity index (χ0v) is 20.0. The summed E-state index contributed by atoms with van der Waals surface area (Å²) >= 11 is 17.2. The molecule has 4 aromatic rings. The Labute approximate surface area is 204 Å². The van der Waals surface area contributed by atoms with Crippen molar-refractivity contribution < 1.29 is 14.6 Å². The van der Waals surface area contributed by atoms with Crippen LogP contribution in [-0.4, -0.2) is 31.4 Å². The number of rotatable bonds is 5. The van der Waals surface area contributed by atoms with E-state index >= 15 is 0 Å². The number of halogens is 3. The summed E-state index contributed by atoms with van der Waals surface area (Å²) in [4.78, 5) is 13.9. The van der Waals surface area contributed by atoms with E-state index in [9.17, 15) is 5.11 Å². The summed E-state index contributed by atoms with van der Waals surface area (Å²) in [6.45, 7) is 0.313. The first-order chi connectivity index (χ1) is 15.4. The highest BCUT2D eigenvalue weighted by Crippen LogP contribution is 2.43. The Kier molecular flexibility index (Phi) is 5.81. The molecule has 0 bridgehead atoms. The predicted octanol–water partition coefficient (Wildman–Crippen LogP) is 5.09. The lowest BCUT2D eigenvalue weighted by atomic mass is 10.1. The van der Waals surface area contributed by atoms with Crippen molar-refractivity contribution >= 4 is 67.9 Å². The number of benzene rings is 2. The number of nitrogens with zero attached hydrogens (tertiary/aromatic N) is 4. The number of fused-ring (bicyclic) bond motifs is 2. The summed E-state index contributed by atoms with van der Waals surface area (Å²) in [6, 6.07) is 8.67. The van der Waals surface area contributed by atoms with Crippen LogP contribution >= 0.6 is 50.9 Å². The van der Waals surface area contributed by atoms with Crippen molar-refractivity contribution in [1.29, 1.82) is 0 Å². The van der Waals surface area contributed by atoms with Gasteiger partial charge in [-0.05, 0) is 40.2 Å². The minimum Gasteiger partial charge on any atom is -0.454 e. The van der Waals surface area contributed by atoms with Gasteiger partial charge in [0.2, 0.25) is 6.79 Å². The normalized spacial score (nSPS) is 13.6. The Morgan fingerprint density at radius 1 is 1.19 bits per heavy atom. The quantitative estimate of drug-likeness (QED) is 0.351. The SMILES string of the molecule is Nc1ncnc2c1nc(Sc1cc3c(cc1Br)OCO3)n2CC(O)c1ccc(Cl)cc1Cl. The van der Waals surface area contributed by atoms with Crippen molar-refractivity contribution in [1.82, 2.24) is 19.5 Å². The van der Waals surface area contributed by atoms with Crippen LogP contribution < -0.4 is 15.2 Å². The second-order valence-corrected chi connectivity index (χ2v) is 9.56. The number of imidazole rings is 1. The largest absolute Gasteiger partial charge is 0.454 e. The van der Waals surface area contributed by atoms with Crippen molar-refractivity contribution in [2.45, 2.75) is 22.7 Å². The molecular weight excluding hydrogens is 541 g/mol. The minimum absolute atomic E-state index is 0.138. The van der Waals surface area contributed by atoms with Crippen LogP contribution in [0.15, 0.2) is 51.2 Å². The molecule has 32 heavy (non-hydrogen) atoms. The molecule has 3 N–H and O–H groups in total. The van der Waals surface area contributed by atoms with Gasteiger partial charge in [0.25, 0.3) is 0 Å². The first-order valence-corrected chi connectivity index (χ1v) is 11.6. The zero-order chi connectivity index (χ0) is 22.4. The molecule has 1 aliphatic rings. The molecule has 0 radical (unpaired) electrons. The molecule has 0 spiro atoms. The highest BCUT2D eigenvalue weighted by Gasteiger charge is 2.23. The third kappa shape index (κ3) is 3.97. The fourth-order valence-corrected chi connectivity index (χ4v) is 5.32. The third-order valence-corrected chi connectivity index (χ3v) is 7.36. The molecule has 1 atom stereocenters. The first-order valence-electron chi connectivity index (χ1n) is 9.27. The molecule has 2 aromatic carbocycles. The van der Waals surface area contributed by atoms with Crippen LogP contribution in [0, 0.1) is 0 Å². The van der Waals surface area contributed by atoms with Crippen LogP contribution in [0.4, 0.5) is 5.82 Å². The number of hydrogen-bond acceptors (Lipinski definition) is 8. The maximum absolute atomic E-state index is 11.0. The van der Waals surface area contributed by atoms with E-state index in [0.29, 0.717) is 43.4 Å². The summed E-state index contributed by atoms with van der Waals surface area (Å²) in [5, 5.41) is 12.4. The summed E-state index contributed by atoms with van der Waals surface area (Å²) in [5.41, 5.74) is 7.53. The van der Waals surface area contributed by atoms with E-state index in [0.717, 1.165) is 9.37 Å². The predicted molar refractivity (Wildman–Crippen MR) is 126 cm³/mol. The Bertz CT molecular complexity index is 1350. The van der Waals surface area contributed by atoms with E-state index in [4.69, 9.17) is 38.4 Å². The van der Waals surface area contributed by atoms with Crippen molar-refractivity contribution in [3.05, 3.63) is 56.7 Å². The van der Waals surface area contributed by atoms with Crippen LogP contribution in [-0.2, 0) is 6.54 Å². The summed E-state index contributed by atoms with van der Waals surface area (Å²) in [7, 11) is 0. The Hall–Kier alpha value is -2.24. The van der Waals surface area contributed by atoms with E-state index in [1.54, 1.807) is 22.8 Å². The van der Waals surface area contributed by atoms with Crippen molar-refractivity contribution in [2.24, 2.45) is 0 Å². The highest BCUT2D eigenvalue weighted by atomic mass is 79.9. The van der Waals surface area contributed by atoms with Crippen LogP contribution in [0.3, 0.4) is 0 Å². The minimum atomic E-state index is -0.937. The number of aromatic nitrogens is 4. The Morgan fingerprint density at radius 3 is 2.75 bits per heavy atom. The van der Waals surface area contributed by atoms with Crippen LogP contribution in [0.1, 0.15) is 11.7 Å². The van der Waals surface area contributed by atoms with Gasteiger partial charge in [0.05, 0.1) is 12.6 Å². The highest BCUT2D eigenvalue weighted by molar-refractivity contribution is 9.10. The summed E-state index contributed by atoms with van der Waals surface area (Å²) in [6.07, 6.45) is 0.426. The second kappa shape index (κ2) is 8.60. The summed E-state index contributed by atoms with van der Waals surface area (Å²) < 4.78 is 13.5. The van der Waals surface area contributed by atoms with Gasteiger partial charge >= 0.3 is 0 Å². The van der Waals surface area contributed by atoms with E-state index in [1.165, 1.54) is 18.1 Å². The fourth-order valence-electron chi connectivity index (χ4n) is 3.29. The van der Waals surface area contributed by atoms with Gasteiger partial charge in [0.15, 0.2) is 33.6 Å². The molecule has 5 rings (SSSR count). The molecule has 0 saturated carbocycles. The van der Waals surface area contributed by atoms with Gasteiger partial charge in [-0.15, -0.1) is 0 Å². The standard InChI is InChI=1S/C20H14BrCl2N5O3S/c21-11-4-14-15(31-8-30-14)5-16(11)32-20-27-17-18(24)25-7-26-19(17)28(20)6-13(29)10-2-1-9(22)3-12(10)23/h1-5,7,13,29H,6,8H2,(H2,24,25,26). The molecule has 3 heterocycles. The van der Waals surface area contributed by atoms with Crippen LogP contribution in [0.2, 0.25) is 10.0 Å². The summed E-state index contributed by atoms with van der Waals surface area (Å²) in [5.74, 6) is 1.56. The number of hydrogen-bond donors (Lipinski definition) is 2. The van der Waals surface area contributed by atoms with Gasteiger partial charge in [-0.1, -0.05) is 41.0 Å². The number of nitrogens with two attached hydrogens (primary N) is 1. The molecule has 0 aliphatic carbocycles. The number of nitrogen functional groups attached to an aromatic ring is 1. The zero-order valence-electron chi connectivity index (χ0n) is 16.1. The molecule has 1 aliphatic heterocycles. The maximum Gasteiger partial charge on any atom is 0.231 e. The van der Waals surface area contributed by atoms with E-state index in [1.807, 2.05) is 12.1 Å². The van der Waals surface area contributed by atoms with Gasteiger partial charge in [-0.25, -0.2) is 15.0 Å². The van der Waals surface area contributed by atoms with Gasteiger partial charge in [0.1, 0.15) is 6.33 Å². The van der Waals surface area contributed by atoms with Gasteiger partial charge in [-0.2, -0.15) is 0 Å². The second-order valence-electron chi connectivity index (χ2n) is 6.86. The van der Waals surface area contributed by atoms with Gasteiger partial charge in [-0.3, -0.25) is 0 Å². The van der Waals surface area contributed by atoms with E-state index in [2.05, 4.69) is 30.9 Å². The number of ether oxygens (including phenoxy) is 2. The number of aliphatic hydroxyl groups is 1. The molecule has 0 fully saturated rings. The third-order valence-electron chi connectivity index (χ3n) is 4.83. The molecular formula is C20H14BrCl2N5O3S. The molecule has 0 saturated heterocycles. The topological polar surface area (TPSA) is 108 Å². The number of anilines is 1.